The molecular formula is C16H28N4O2. The summed E-state index contributed by atoms with van der Waals surface area (Å²) in [4.78, 5) is 16.6. The van der Waals surface area contributed by atoms with Crippen LogP contribution < -0.4 is 11.1 Å². The van der Waals surface area contributed by atoms with Crippen LogP contribution in [0.4, 0.5) is 0 Å². The molecule has 3 N–H and O–H groups in total. The summed E-state index contributed by atoms with van der Waals surface area (Å²) in [6, 6.07) is 0.0517. The van der Waals surface area contributed by atoms with Crippen molar-refractivity contribution in [3.63, 3.8) is 0 Å². The van der Waals surface area contributed by atoms with Crippen molar-refractivity contribution in [3.05, 3.63) is 18.2 Å². The molecular weight excluding hydrogens is 280 g/mol. The van der Waals surface area contributed by atoms with E-state index in [9.17, 15) is 4.79 Å². The largest absolute Gasteiger partial charge is 0.377 e. The van der Waals surface area contributed by atoms with E-state index < -0.39 is 0 Å². The number of carbonyl (C=O) groups is 1. The Labute approximate surface area is 132 Å². The lowest BCUT2D eigenvalue weighted by Gasteiger charge is -2.33. The Bertz CT molecular complexity index is 474. The molecule has 124 valence electrons. The molecule has 0 radical (unpaired) electrons. The zero-order valence-electron chi connectivity index (χ0n) is 13.6. The van der Waals surface area contributed by atoms with Gasteiger partial charge in [-0.1, -0.05) is 6.92 Å². The Balaban J connectivity index is 1.81. The highest BCUT2D eigenvalue weighted by atomic mass is 16.5. The van der Waals surface area contributed by atoms with Gasteiger partial charge >= 0.3 is 0 Å². The molecule has 1 aromatic rings. The molecule has 6 nitrogen and oxygen atoms in total. The summed E-state index contributed by atoms with van der Waals surface area (Å²) in [6.45, 7) is 6.22. The van der Waals surface area contributed by atoms with Crippen LogP contribution in [0.3, 0.4) is 0 Å². The van der Waals surface area contributed by atoms with E-state index in [4.69, 9.17) is 10.5 Å². The number of nitrogens with one attached hydrogen (secondary N) is 1. The van der Waals surface area contributed by atoms with Gasteiger partial charge in [0.15, 0.2) is 0 Å². The monoisotopic (exact) mass is 308 g/mol. The van der Waals surface area contributed by atoms with Crippen molar-refractivity contribution in [2.45, 2.75) is 64.8 Å². The molecule has 1 aromatic heterocycles. The van der Waals surface area contributed by atoms with E-state index in [-0.39, 0.29) is 24.0 Å². The fourth-order valence-electron chi connectivity index (χ4n) is 2.84. The maximum absolute atomic E-state index is 12.3. The molecule has 22 heavy (non-hydrogen) atoms. The van der Waals surface area contributed by atoms with Crippen molar-refractivity contribution in [3.8, 4) is 0 Å². The molecule has 2 rings (SSSR count). The maximum Gasteiger partial charge on any atom is 0.223 e. The summed E-state index contributed by atoms with van der Waals surface area (Å²) >= 11 is 0. The van der Waals surface area contributed by atoms with E-state index in [0.29, 0.717) is 13.2 Å². The number of nitrogens with zero attached hydrogens (tertiary/aromatic N) is 2. The second kappa shape index (κ2) is 8.29. The second-order valence-electron chi connectivity index (χ2n) is 6.00. The van der Waals surface area contributed by atoms with Gasteiger partial charge in [0.25, 0.3) is 0 Å². The van der Waals surface area contributed by atoms with Crippen LogP contribution in [0.15, 0.2) is 12.5 Å². The van der Waals surface area contributed by atoms with Crippen LogP contribution in [-0.2, 0) is 22.6 Å². The van der Waals surface area contributed by atoms with Crippen LogP contribution in [-0.4, -0.2) is 34.2 Å². The molecule has 1 aliphatic carbocycles. The smallest absolute Gasteiger partial charge is 0.223 e. The summed E-state index contributed by atoms with van der Waals surface area (Å²) in [6.07, 6.45) is 7.12. The summed E-state index contributed by atoms with van der Waals surface area (Å²) in [5.41, 5.74) is 6.99. The van der Waals surface area contributed by atoms with Gasteiger partial charge in [0.2, 0.25) is 5.91 Å². The van der Waals surface area contributed by atoms with Gasteiger partial charge < -0.3 is 20.4 Å². The molecule has 0 aromatic carbocycles. The van der Waals surface area contributed by atoms with Crippen molar-refractivity contribution in [1.29, 1.82) is 0 Å². The highest BCUT2D eigenvalue weighted by Gasteiger charge is 2.32. The molecule has 1 heterocycles. The normalized spacial score (nSPS) is 25.1. The predicted molar refractivity (Wildman–Crippen MR) is 85.1 cm³/mol. The summed E-state index contributed by atoms with van der Waals surface area (Å²) in [5.74, 6) is 0.0814. The van der Waals surface area contributed by atoms with Gasteiger partial charge in [-0.05, 0) is 32.6 Å². The van der Waals surface area contributed by atoms with E-state index in [1.165, 1.54) is 0 Å². The standard InChI is InChI=1S/C16H28N4O2/c1-3-7-22-15-8-12(5-6-14(15)17)16(21)18-9-13-10-20(4-2)11-19-13/h10-12,14-15H,3-9,17H2,1-2H3,(H,18,21)/t12-,14+,15+/m0/s1. The Morgan fingerprint density at radius 1 is 1.50 bits per heavy atom. The van der Waals surface area contributed by atoms with Crippen molar-refractivity contribution < 1.29 is 9.53 Å². The highest BCUT2D eigenvalue weighted by Crippen LogP contribution is 2.26. The van der Waals surface area contributed by atoms with Gasteiger partial charge in [0.1, 0.15) is 0 Å². The van der Waals surface area contributed by atoms with Crippen LogP contribution in [0, 0.1) is 5.92 Å². The summed E-state index contributed by atoms with van der Waals surface area (Å²) in [7, 11) is 0. The molecule has 0 unspecified atom stereocenters. The molecule has 0 aliphatic heterocycles. The Kier molecular flexibility index (Phi) is 6.39. The average Bonchev–Trinajstić information content (AvgIpc) is 3.00. The topological polar surface area (TPSA) is 82.2 Å². The van der Waals surface area contributed by atoms with Crippen molar-refractivity contribution in [2.24, 2.45) is 11.7 Å². The number of ether oxygens (including phenoxy) is 1. The molecule has 1 saturated carbocycles. The minimum Gasteiger partial charge on any atom is -0.377 e. The van der Waals surface area contributed by atoms with Crippen molar-refractivity contribution in [2.75, 3.05) is 6.61 Å². The third kappa shape index (κ3) is 4.55. The molecule has 3 atom stereocenters. The molecule has 0 saturated heterocycles. The van der Waals surface area contributed by atoms with Gasteiger partial charge in [0.05, 0.1) is 24.7 Å². The maximum atomic E-state index is 12.3. The Morgan fingerprint density at radius 3 is 3.00 bits per heavy atom. The van der Waals surface area contributed by atoms with E-state index in [1.807, 2.05) is 10.8 Å². The third-order valence-corrected chi connectivity index (χ3v) is 4.25. The fourth-order valence-corrected chi connectivity index (χ4v) is 2.84. The van der Waals surface area contributed by atoms with Crippen molar-refractivity contribution in [1.82, 2.24) is 14.9 Å². The van der Waals surface area contributed by atoms with Gasteiger partial charge in [-0.2, -0.15) is 0 Å². The predicted octanol–water partition coefficient (Wildman–Crippen LogP) is 1.44. The van der Waals surface area contributed by atoms with Crippen molar-refractivity contribution >= 4 is 5.91 Å². The molecule has 1 aliphatic rings. The minimum atomic E-state index is -0.00471. The molecule has 0 bridgehead atoms. The number of aromatic nitrogens is 2. The van der Waals surface area contributed by atoms with E-state index in [0.717, 1.165) is 37.9 Å². The fraction of sp³-hybridized carbons (Fsp3) is 0.750. The number of nitrogens with two attached hydrogens (primary N) is 1. The van der Waals surface area contributed by atoms with Crippen LogP contribution in [0.1, 0.15) is 45.2 Å². The molecule has 1 fully saturated rings. The van der Waals surface area contributed by atoms with Crippen LogP contribution >= 0.6 is 0 Å². The number of imidazole rings is 1. The van der Waals surface area contributed by atoms with E-state index in [2.05, 4.69) is 24.1 Å². The SMILES string of the molecule is CCCO[C@@H]1C[C@@H](C(=O)NCc2cn(CC)cn2)CC[C@H]1N. The average molecular weight is 308 g/mol. The van der Waals surface area contributed by atoms with Crippen LogP contribution in [0.2, 0.25) is 0 Å². The summed E-state index contributed by atoms with van der Waals surface area (Å²) < 4.78 is 7.78. The lowest BCUT2D eigenvalue weighted by atomic mass is 9.83. The van der Waals surface area contributed by atoms with E-state index >= 15 is 0 Å². The van der Waals surface area contributed by atoms with Crippen LogP contribution in [0.25, 0.3) is 0 Å². The van der Waals surface area contributed by atoms with Gasteiger partial charge in [-0.3, -0.25) is 4.79 Å². The minimum absolute atomic E-state index is 0.00347. The number of hydrogen-bond acceptors (Lipinski definition) is 4. The highest BCUT2D eigenvalue weighted by molar-refractivity contribution is 5.78. The first-order valence-corrected chi connectivity index (χ1v) is 8.29. The summed E-state index contributed by atoms with van der Waals surface area (Å²) in [5, 5.41) is 2.99. The third-order valence-electron chi connectivity index (χ3n) is 4.25. The Morgan fingerprint density at radius 2 is 2.32 bits per heavy atom. The van der Waals surface area contributed by atoms with Gasteiger partial charge in [-0.15, -0.1) is 0 Å². The van der Waals surface area contributed by atoms with Crippen LogP contribution in [0.5, 0.6) is 0 Å². The first-order chi connectivity index (χ1) is 10.6. The lowest BCUT2D eigenvalue weighted by molar-refractivity contribution is -0.128. The van der Waals surface area contributed by atoms with E-state index in [1.54, 1.807) is 6.33 Å². The lowest BCUT2D eigenvalue weighted by Crippen LogP contribution is -2.45. The zero-order valence-corrected chi connectivity index (χ0v) is 13.6. The number of carbonyl (C=O) groups excluding carboxylic acids is 1. The molecule has 6 heteroatoms. The van der Waals surface area contributed by atoms with Gasteiger partial charge in [-0.25, -0.2) is 4.98 Å². The molecule has 1 amide bonds. The first kappa shape index (κ1) is 17.0. The Hall–Kier alpha value is -1.40. The number of aryl methyl sites for hydroxylation is 1. The zero-order chi connectivity index (χ0) is 15.9. The number of rotatable bonds is 7. The van der Waals surface area contributed by atoms with Gasteiger partial charge in [0, 0.05) is 31.3 Å². The molecule has 0 spiro atoms. The second-order valence-corrected chi connectivity index (χ2v) is 6.00. The number of amides is 1. The quantitative estimate of drug-likeness (QED) is 0.798. The number of hydrogen-bond donors (Lipinski definition) is 2. The first-order valence-electron chi connectivity index (χ1n) is 8.29.